The zero-order valence-corrected chi connectivity index (χ0v) is 17.8. The fourth-order valence-corrected chi connectivity index (χ4v) is 4.50. The second-order valence-corrected chi connectivity index (χ2v) is 7.89. The van der Waals surface area contributed by atoms with E-state index < -0.39 is 0 Å². The van der Waals surface area contributed by atoms with Crippen molar-refractivity contribution in [1.29, 1.82) is 0 Å². The van der Waals surface area contributed by atoms with E-state index in [1.807, 2.05) is 55.1 Å². The van der Waals surface area contributed by atoms with Gasteiger partial charge in [-0.3, -0.25) is 4.79 Å². The molecule has 1 aliphatic heterocycles. The van der Waals surface area contributed by atoms with Crippen molar-refractivity contribution in [3.05, 3.63) is 88.2 Å². The van der Waals surface area contributed by atoms with Crippen molar-refractivity contribution in [3.8, 4) is 5.75 Å². The van der Waals surface area contributed by atoms with Gasteiger partial charge in [0.05, 0.1) is 29.8 Å². The SMILES string of the molecule is COc1cccc([C@H]2c3ccccc3CCN2C(=O)c2cc(C)nc3onc(C)c23)c1. The number of aromatic nitrogens is 2. The summed E-state index contributed by atoms with van der Waals surface area (Å²) in [4.78, 5) is 20.3. The molecule has 0 N–H and O–H groups in total. The normalized spacial score (nSPS) is 15.7. The van der Waals surface area contributed by atoms with Crippen LogP contribution >= 0.6 is 0 Å². The Morgan fingerprint density at radius 2 is 1.97 bits per heavy atom. The molecular formula is C25H23N3O3. The summed E-state index contributed by atoms with van der Waals surface area (Å²) in [6.45, 7) is 4.31. The van der Waals surface area contributed by atoms with Crippen LogP contribution in [0.4, 0.5) is 0 Å². The largest absolute Gasteiger partial charge is 0.497 e. The Bertz CT molecular complexity index is 1290. The highest BCUT2D eigenvalue weighted by Crippen LogP contribution is 2.38. The van der Waals surface area contributed by atoms with Gasteiger partial charge in [0, 0.05) is 12.2 Å². The standard InChI is InChI=1S/C25H23N3O3/c1-15-13-21(22-16(2)27-31-24(22)26-15)25(29)28-12-11-17-7-4-5-10-20(17)23(28)18-8-6-9-19(14-18)30-3/h4-10,13-14,23H,11-12H2,1-3H3/t23-/m0/s1. The minimum Gasteiger partial charge on any atom is -0.497 e. The van der Waals surface area contributed by atoms with Crippen molar-refractivity contribution in [3.63, 3.8) is 0 Å². The predicted octanol–water partition coefficient (Wildman–Crippen LogP) is 4.64. The maximum Gasteiger partial charge on any atom is 0.258 e. The van der Waals surface area contributed by atoms with E-state index in [1.54, 1.807) is 7.11 Å². The third-order valence-corrected chi connectivity index (χ3v) is 5.93. The quantitative estimate of drug-likeness (QED) is 0.490. The van der Waals surface area contributed by atoms with Gasteiger partial charge < -0.3 is 14.2 Å². The Morgan fingerprint density at radius 1 is 1.13 bits per heavy atom. The molecule has 2 aromatic heterocycles. The van der Waals surface area contributed by atoms with Gasteiger partial charge in [0.2, 0.25) is 0 Å². The fourth-order valence-electron chi connectivity index (χ4n) is 4.50. The molecule has 1 aliphatic rings. The lowest BCUT2D eigenvalue weighted by Crippen LogP contribution is -2.40. The number of rotatable bonds is 3. The lowest BCUT2D eigenvalue weighted by atomic mass is 9.87. The van der Waals surface area contributed by atoms with Crippen molar-refractivity contribution in [1.82, 2.24) is 15.0 Å². The molecule has 1 atom stereocenters. The maximum absolute atomic E-state index is 14.0. The van der Waals surface area contributed by atoms with Crippen LogP contribution in [-0.2, 0) is 6.42 Å². The van der Waals surface area contributed by atoms with Crippen LogP contribution in [-0.4, -0.2) is 34.6 Å². The predicted molar refractivity (Wildman–Crippen MR) is 117 cm³/mol. The van der Waals surface area contributed by atoms with Gasteiger partial charge in [0.1, 0.15) is 5.75 Å². The lowest BCUT2D eigenvalue weighted by Gasteiger charge is -2.38. The van der Waals surface area contributed by atoms with E-state index in [0.717, 1.165) is 29.0 Å². The number of benzene rings is 2. The fraction of sp³-hybridized carbons (Fsp3) is 0.240. The summed E-state index contributed by atoms with van der Waals surface area (Å²) in [7, 11) is 1.65. The molecule has 6 heteroatoms. The number of amides is 1. The molecule has 5 rings (SSSR count). The summed E-state index contributed by atoms with van der Waals surface area (Å²) in [5.41, 5.74) is 5.79. The molecule has 31 heavy (non-hydrogen) atoms. The van der Waals surface area contributed by atoms with E-state index >= 15 is 0 Å². The summed E-state index contributed by atoms with van der Waals surface area (Å²) in [6, 6.07) is 17.9. The first-order valence-electron chi connectivity index (χ1n) is 10.3. The van der Waals surface area contributed by atoms with E-state index in [0.29, 0.717) is 28.9 Å². The molecule has 4 aromatic rings. The Labute approximate surface area is 180 Å². The first-order chi connectivity index (χ1) is 15.1. The second-order valence-electron chi connectivity index (χ2n) is 7.89. The van der Waals surface area contributed by atoms with Crippen LogP contribution in [0.1, 0.15) is 44.5 Å². The second kappa shape index (κ2) is 7.54. The molecule has 0 spiro atoms. The van der Waals surface area contributed by atoms with Crippen molar-refractivity contribution < 1.29 is 14.1 Å². The Morgan fingerprint density at radius 3 is 2.81 bits per heavy atom. The Balaban J connectivity index is 1.67. The summed E-state index contributed by atoms with van der Waals surface area (Å²) in [5, 5.41) is 4.72. The van der Waals surface area contributed by atoms with Crippen LogP contribution in [0.3, 0.4) is 0 Å². The zero-order valence-electron chi connectivity index (χ0n) is 17.8. The third-order valence-electron chi connectivity index (χ3n) is 5.93. The molecule has 0 saturated heterocycles. The number of aryl methyl sites for hydroxylation is 2. The molecule has 156 valence electrons. The molecular weight excluding hydrogens is 390 g/mol. The number of ether oxygens (including phenoxy) is 1. The zero-order chi connectivity index (χ0) is 21.5. The van der Waals surface area contributed by atoms with Gasteiger partial charge in [-0.05, 0) is 55.2 Å². The van der Waals surface area contributed by atoms with Crippen LogP contribution in [0.5, 0.6) is 5.75 Å². The average molecular weight is 413 g/mol. The Hall–Kier alpha value is -3.67. The number of pyridine rings is 1. The summed E-state index contributed by atoms with van der Waals surface area (Å²) < 4.78 is 10.8. The van der Waals surface area contributed by atoms with Crippen LogP contribution < -0.4 is 4.74 Å². The van der Waals surface area contributed by atoms with E-state index in [1.165, 1.54) is 5.56 Å². The minimum absolute atomic E-state index is 0.0517. The average Bonchev–Trinajstić information content (AvgIpc) is 3.17. The van der Waals surface area contributed by atoms with Gasteiger partial charge in [0.15, 0.2) is 0 Å². The van der Waals surface area contributed by atoms with Crippen molar-refractivity contribution in [2.75, 3.05) is 13.7 Å². The lowest BCUT2D eigenvalue weighted by molar-refractivity contribution is 0.0696. The molecule has 2 aromatic carbocycles. The smallest absolute Gasteiger partial charge is 0.258 e. The van der Waals surface area contributed by atoms with Gasteiger partial charge in [0.25, 0.3) is 11.6 Å². The van der Waals surface area contributed by atoms with Gasteiger partial charge >= 0.3 is 0 Å². The van der Waals surface area contributed by atoms with E-state index in [4.69, 9.17) is 9.26 Å². The van der Waals surface area contributed by atoms with E-state index in [-0.39, 0.29) is 11.9 Å². The van der Waals surface area contributed by atoms with E-state index in [2.05, 4.69) is 28.3 Å². The number of nitrogens with zero attached hydrogens (tertiary/aromatic N) is 3. The highest BCUT2D eigenvalue weighted by molar-refractivity contribution is 6.06. The molecule has 0 saturated carbocycles. The van der Waals surface area contributed by atoms with Crippen molar-refractivity contribution >= 4 is 17.0 Å². The molecule has 3 heterocycles. The van der Waals surface area contributed by atoms with Gasteiger partial charge in [-0.15, -0.1) is 0 Å². The molecule has 0 bridgehead atoms. The first kappa shape index (κ1) is 19.3. The van der Waals surface area contributed by atoms with Crippen molar-refractivity contribution in [2.24, 2.45) is 0 Å². The number of carbonyl (C=O) groups is 1. The van der Waals surface area contributed by atoms with Crippen LogP contribution in [0.25, 0.3) is 11.1 Å². The number of fused-ring (bicyclic) bond motifs is 2. The van der Waals surface area contributed by atoms with Crippen molar-refractivity contribution in [2.45, 2.75) is 26.3 Å². The summed E-state index contributed by atoms with van der Waals surface area (Å²) >= 11 is 0. The van der Waals surface area contributed by atoms with Crippen LogP contribution in [0.15, 0.2) is 59.1 Å². The monoisotopic (exact) mass is 413 g/mol. The maximum atomic E-state index is 14.0. The van der Waals surface area contributed by atoms with Gasteiger partial charge in [-0.25, -0.2) is 4.98 Å². The number of hydrogen-bond donors (Lipinski definition) is 0. The van der Waals surface area contributed by atoms with Crippen LogP contribution in [0, 0.1) is 13.8 Å². The molecule has 1 amide bonds. The molecule has 0 radical (unpaired) electrons. The number of hydrogen-bond acceptors (Lipinski definition) is 5. The van der Waals surface area contributed by atoms with Crippen LogP contribution in [0.2, 0.25) is 0 Å². The highest BCUT2D eigenvalue weighted by atomic mass is 16.5. The number of methoxy groups -OCH3 is 1. The summed E-state index contributed by atoms with van der Waals surface area (Å²) in [6.07, 6.45) is 0.804. The molecule has 0 fully saturated rings. The number of carbonyl (C=O) groups excluding carboxylic acids is 1. The molecule has 0 aliphatic carbocycles. The third kappa shape index (κ3) is 3.24. The van der Waals surface area contributed by atoms with E-state index in [9.17, 15) is 4.79 Å². The minimum atomic E-state index is -0.212. The molecule has 0 unspecified atom stereocenters. The summed E-state index contributed by atoms with van der Waals surface area (Å²) in [5.74, 6) is 0.717. The Kier molecular flexibility index (Phi) is 4.70. The molecule has 6 nitrogen and oxygen atoms in total. The first-order valence-corrected chi connectivity index (χ1v) is 10.3. The highest BCUT2D eigenvalue weighted by Gasteiger charge is 2.34. The topological polar surface area (TPSA) is 68.5 Å². The van der Waals surface area contributed by atoms with Gasteiger partial charge in [-0.2, -0.15) is 0 Å². The van der Waals surface area contributed by atoms with Gasteiger partial charge in [-0.1, -0.05) is 41.6 Å².